The summed E-state index contributed by atoms with van der Waals surface area (Å²) in [5.41, 5.74) is 3.31. The van der Waals surface area contributed by atoms with Crippen LogP contribution in [-0.4, -0.2) is 21.9 Å². The van der Waals surface area contributed by atoms with Crippen LogP contribution in [-0.2, 0) is 6.54 Å². The molecule has 5 nitrogen and oxygen atoms in total. The molecule has 0 saturated heterocycles. The fraction of sp³-hybridized carbons (Fsp3) is 0.0556. The molecule has 4 rings (SSSR count). The first kappa shape index (κ1) is 15.8. The molecule has 0 bridgehead atoms. The number of amidine groups is 1. The van der Waals surface area contributed by atoms with Crippen LogP contribution in [0.15, 0.2) is 52.8 Å². The van der Waals surface area contributed by atoms with E-state index in [1.807, 2.05) is 23.6 Å². The number of carbonyl (C=O) groups is 1. The molecule has 0 unspecified atom stereocenters. The number of nitrogens with one attached hydrogen (secondary N) is 1. The number of benzene rings is 2. The SMILES string of the molecule is O=C(O)c1ccccc1-c1csc(C2=NCc3cccc(Cl)c3N2)n1. The van der Waals surface area contributed by atoms with Crippen LogP contribution >= 0.6 is 22.9 Å². The summed E-state index contributed by atoms with van der Waals surface area (Å²) in [7, 11) is 0. The first-order chi connectivity index (χ1) is 12.1. The molecule has 7 heteroatoms. The summed E-state index contributed by atoms with van der Waals surface area (Å²) in [4.78, 5) is 20.5. The Morgan fingerprint density at radius 2 is 2.04 bits per heavy atom. The van der Waals surface area contributed by atoms with Crippen LogP contribution in [0.2, 0.25) is 5.02 Å². The number of aromatic carboxylic acids is 1. The van der Waals surface area contributed by atoms with E-state index in [9.17, 15) is 9.90 Å². The average molecular weight is 370 g/mol. The molecule has 0 radical (unpaired) electrons. The maximum Gasteiger partial charge on any atom is 0.336 e. The highest BCUT2D eigenvalue weighted by Gasteiger charge is 2.19. The Morgan fingerprint density at radius 1 is 1.20 bits per heavy atom. The summed E-state index contributed by atoms with van der Waals surface area (Å²) in [6, 6.07) is 12.5. The van der Waals surface area contributed by atoms with Crippen LogP contribution < -0.4 is 5.32 Å². The number of para-hydroxylation sites is 1. The lowest BCUT2D eigenvalue weighted by Gasteiger charge is -2.18. The molecule has 0 fully saturated rings. The van der Waals surface area contributed by atoms with E-state index < -0.39 is 5.97 Å². The zero-order valence-electron chi connectivity index (χ0n) is 12.9. The zero-order valence-corrected chi connectivity index (χ0v) is 14.4. The molecule has 0 saturated carbocycles. The van der Waals surface area contributed by atoms with Crippen molar-refractivity contribution in [2.75, 3.05) is 5.32 Å². The summed E-state index contributed by atoms with van der Waals surface area (Å²) in [6.07, 6.45) is 0. The first-order valence-electron chi connectivity index (χ1n) is 7.51. The van der Waals surface area contributed by atoms with Crippen LogP contribution in [0.5, 0.6) is 0 Å². The van der Waals surface area contributed by atoms with Gasteiger partial charge in [0.1, 0.15) is 0 Å². The maximum atomic E-state index is 11.4. The van der Waals surface area contributed by atoms with Crippen molar-refractivity contribution in [3.63, 3.8) is 0 Å². The van der Waals surface area contributed by atoms with Gasteiger partial charge in [-0.15, -0.1) is 11.3 Å². The largest absolute Gasteiger partial charge is 0.478 e. The predicted octanol–water partition coefficient (Wildman–Crippen LogP) is 4.53. The van der Waals surface area contributed by atoms with Gasteiger partial charge in [-0.25, -0.2) is 9.78 Å². The molecular weight excluding hydrogens is 358 g/mol. The van der Waals surface area contributed by atoms with E-state index >= 15 is 0 Å². The van der Waals surface area contributed by atoms with E-state index in [2.05, 4.69) is 15.3 Å². The van der Waals surface area contributed by atoms with E-state index in [1.54, 1.807) is 24.3 Å². The monoisotopic (exact) mass is 369 g/mol. The highest BCUT2D eigenvalue weighted by atomic mass is 35.5. The van der Waals surface area contributed by atoms with Gasteiger partial charge in [0.05, 0.1) is 28.5 Å². The van der Waals surface area contributed by atoms with Gasteiger partial charge in [-0.3, -0.25) is 4.99 Å². The molecule has 1 aromatic heterocycles. The quantitative estimate of drug-likeness (QED) is 0.711. The lowest BCUT2D eigenvalue weighted by molar-refractivity contribution is 0.0697. The Bertz CT molecular complexity index is 1010. The minimum atomic E-state index is -0.973. The van der Waals surface area contributed by atoms with Crippen molar-refractivity contribution >= 4 is 40.4 Å². The van der Waals surface area contributed by atoms with Gasteiger partial charge >= 0.3 is 5.97 Å². The van der Waals surface area contributed by atoms with E-state index in [-0.39, 0.29) is 5.56 Å². The minimum absolute atomic E-state index is 0.228. The number of rotatable bonds is 3. The number of aliphatic imine (C=N–C) groups is 1. The molecule has 1 aliphatic heterocycles. The Labute approximate surface area is 152 Å². The van der Waals surface area contributed by atoms with Gasteiger partial charge in [0.15, 0.2) is 10.8 Å². The molecule has 0 atom stereocenters. The highest BCUT2D eigenvalue weighted by Crippen LogP contribution is 2.31. The van der Waals surface area contributed by atoms with Crippen LogP contribution in [0, 0.1) is 0 Å². The molecular formula is C18H12ClN3O2S. The Kier molecular flexibility index (Phi) is 3.99. The number of carboxylic acid groups (broad SMARTS) is 1. The predicted molar refractivity (Wildman–Crippen MR) is 99.8 cm³/mol. The summed E-state index contributed by atoms with van der Waals surface area (Å²) in [5.74, 6) is -0.330. The molecule has 0 amide bonds. The normalized spacial score (nSPS) is 12.9. The van der Waals surface area contributed by atoms with Crippen molar-refractivity contribution < 1.29 is 9.90 Å². The van der Waals surface area contributed by atoms with Gasteiger partial charge in [-0.05, 0) is 17.7 Å². The third-order valence-electron chi connectivity index (χ3n) is 3.89. The van der Waals surface area contributed by atoms with E-state index in [1.165, 1.54) is 11.3 Å². The number of halogens is 1. The Balaban J connectivity index is 1.68. The van der Waals surface area contributed by atoms with Gasteiger partial charge in [0, 0.05) is 10.9 Å². The smallest absolute Gasteiger partial charge is 0.336 e. The number of carboxylic acids is 1. The lowest BCUT2D eigenvalue weighted by atomic mass is 10.1. The van der Waals surface area contributed by atoms with Crippen LogP contribution in [0.3, 0.4) is 0 Å². The highest BCUT2D eigenvalue weighted by molar-refractivity contribution is 7.12. The average Bonchev–Trinajstić information content (AvgIpc) is 3.12. The molecule has 3 aromatic rings. The lowest BCUT2D eigenvalue weighted by Crippen LogP contribution is -2.19. The van der Waals surface area contributed by atoms with E-state index in [0.717, 1.165) is 11.3 Å². The van der Waals surface area contributed by atoms with E-state index in [4.69, 9.17) is 11.6 Å². The number of anilines is 1. The van der Waals surface area contributed by atoms with Gasteiger partial charge in [-0.1, -0.05) is 41.9 Å². The van der Waals surface area contributed by atoms with Crippen molar-refractivity contribution in [1.82, 2.24) is 4.98 Å². The molecule has 2 heterocycles. The van der Waals surface area contributed by atoms with Crippen LogP contribution in [0.25, 0.3) is 11.3 Å². The second kappa shape index (κ2) is 6.31. The summed E-state index contributed by atoms with van der Waals surface area (Å²) in [6.45, 7) is 0.527. The van der Waals surface area contributed by atoms with Crippen LogP contribution in [0.1, 0.15) is 20.9 Å². The molecule has 25 heavy (non-hydrogen) atoms. The number of hydrogen-bond acceptors (Lipinski definition) is 5. The molecule has 0 aliphatic carbocycles. The first-order valence-corrected chi connectivity index (χ1v) is 8.76. The fourth-order valence-corrected chi connectivity index (χ4v) is 3.71. The number of hydrogen-bond donors (Lipinski definition) is 2. The molecule has 0 spiro atoms. The summed E-state index contributed by atoms with van der Waals surface area (Å²) < 4.78 is 0. The molecule has 1 aliphatic rings. The number of fused-ring (bicyclic) bond motifs is 1. The topological polar surface area (TPSA) is 74.6 Å². The number of aromatic nitrogens is 1. The van der Waals surface area contributed by atoms with Gasteiger partial charge in [-0.2, -0.15) is 0 Å². The summed E-state index contributed by atoms with van der Waals surface area (Å²) >= 11 is 7.66. The van der Waals surface area contributed by atoms with Gasteiger partial charge in [0.2, 0.25) is 0 Å². The van der Waals surface area contributed by atoms with Gasteiger partial charge < -0.3 is 10.4 Å². The standard InChI is InChI=1S/C18H12ClN3O2S/c19-13-7-3-4-10-8-20-16(22-15(10)13)17-21-14(9-25-17)11-5-1-2-6-12(11)18(23)24/h1-7,9H,8H2,(H,20,22)(H,23,24). The zero-order chi connectivity index (χ0) is 17.4. The van der Waals surface area contributed by atoms with Crippen LogP contribution in [0.4, 0.5) is 5.69 Å². The number of nitrogens with zero attached hydrogens (tertiary/aromatic N) is 2. The molecule has 2 aromatic carbocycles. The Hall–Kier alpha value is -2.70. The second-order valence-corrected chi connectivity index (χ2v) is 6.72. The third-order valence-corrected chi connectivity index (χ3v) is 5.05. The van der Waals surface area contributed by atoms with Crippen molar-refractivity contribution in [2.24, 2.45) is 4.99 Å². The van der Waals surface area contributed by atoms with Crippen molar-refractivity contribution in [2.45, 2.75) is 6.54 Å². The maximum absolute atomic E-state index is 11.4. The molecule has 124 valence electrons. The van der Waals surface area contributed by atoms with Crippen molar-refractivity contribution in [3.8, 4) is 11.3 Å². The number of thiazole rings is 1. The van der Waals surface area contributed by atoms with Crippen molar-refractivity contribution in [1.29, 1.82) is 0 Å². The third kappa shape index (κ3) is 2.90. The van der Waals surface area contributed by atoms with Crippen molar-refractivity contribution in [3.05, 3.63) is 69.0 Å². The van der Waals surface area contributed by atoms with E-state index in [0.29, 0.717) is 33.7 Å². The Morgan fingerprint density at radius 3 is 2.88 bits per heavy atom. The second-order valence-electron chi connectivity index (χ2n) is 5.45. The fourth-order valence-electron chi connectivity index (χ4n) is 2.68. The summed E-state index contributed by atoms with van der Waals surface area (Å²) in [5, 5.41) is 15.7. The molecule has 2 N–H and O–H groups in total. The van der Waals surface area contributed by atoms with Gasteiger partial charge in [0.25, 0.3) is 0 Å². The minimum Gasteiger partial charge on any atom is -0.478 e.